The molecule has 0 aromatic carbocycles. The molecule has 2 rings (SSSR count). The zero-order chi connectivity index (χ0) is 14.0. The molecule has 8 heteroatoms. The van der Waals surface area contributed by atoms with Crippen molar-refractivity contribution in [1.29, 1.82) is 0 Å². The third-order valence-corrected chi connectivity index (χ3v) is 3.10. The number of aryl methyl sites for hydroxylation is 1. The highest BCUT2D eigenvalue weighted by atomic mass is 16.6. The fraction of sp³-hybridized carbons (Fsp3) is 0.636. The van der Waals surface area contributed by atoms with E-state index in [4.69, 9.17) is 10.5 Å². The van der Waals surface area contributed by atoms with Crippen molar-refractivity contribution >= 4 is 17.5 Å². The largest absolute Gasteiger partial charge is 0.376 e. The van der Waals surface area contributed by atoms with Crippen molar-refractivity contribution in [2.75, 3.05) is 30.8 Å². The second-order valence-electron chi connectivity index (χ2n) is 4.61. The van der Waals surface area contributed by atoms with E-state index < -0.39 is 4.92 Å². The number of rotatable bonds is 4. The second kappa shape index (κ2) is 5.35. The van der Waals surface area contributed by atoms with Gasteiger partial charge in [0.2, 0.25) is 11.8 Å². The molecule has 8 nitrogen and oxygen atoms in total. The lowest BCUT2D eigenvalue weighted by Crippen LogP contribution is -2.30. The average molecular weight is 267 g/mol. The highest BCUT2D eigenvalue weighted by Crippen LogP contribution is 2.29. The molecule has 1 aliphatic rings. The lowest BCUT2D eigenvalue weighted by molar-refractivity contribution is -0.385. The molecule has 0 aliphatic carbocycles. The third kappa shape index (κ3) is 2.90. The zero-order valence-corrected chi connectivity index (χ0v) is 11.0. The van der Waals surface area contributed by atoms with Gasteiger partial charge >= 0.3 is 5.69 Å². The number of anilines is 2. The van der Waals surface area contributed by atoms with Gasteiger partial charge in [-0.2, -0.15) is 4.98 Å². The van der Waals surface area contributed by atoms with Crippen LogP contribution in [0.4, 0.5) is 17.5 Å². The third-order valence-electron chi connectivity index (χ3n) is 3.10. The minimum absolute atomic E-state index is 0.0392. The SMILES string of the molecule is Cc1nc(N)nc(N(C)CC2CCCO2)c1[N+](=O)[O-]. The summed E-state index contributed by atoms with van der Waals surface area (Å²) in [6, 6.07) is 0. The van der Waals surface area contributed by atoms with Gasteiger partial charge in [-0.1, -0.05) is 0 Å². The molecule has 0 saturated carbocycles. The van der Waals surface area contributed by atoms with Crippen LogP contribution in [0, 0.1) is 17.0 Å². The Hall–Kier alpha value is -1.96. The Labute approximate surface area is 110 Å². The molecule has 1 aliphatic heterocycles. The molecule has 104 valence electrons. The van der Waals surface area contributed by atoms with E-state index in [-0.39, 0.29) is 29.3 Å². The summed E-state index contributed by atoms with van der Waals surface area (Å²) in [6.07, 6.45) is 2.06. The molecule has 0 spiro atoms. The quantitative estimate of drug-likeness (QED) is 0.637. The summed E-state index contributed by atoms with van der Waals surface area (Å²) in [5, 5.41) is 11.1. The summed E-state index contributed by atoms with van der Waals surface area (Å²) in [7, 11) is 1.75. The van der Waals surface area contributed by atoms with Gasteiger partial charge in [0.15, 0.2) is 0 Å². The lowest BCUT2D eigenvalue weighted by Gasteiger charge is -2.21. The maximum atomic E-state index is 11.1. The maximum Gasteiger partial charge on any atom is 0.332 e. The van der Waals surface area contributed by atoms with Crippen LogP contribution >= 0.6 is 0 Å². The van der Waals surface area contributed by atoms with E-state index in [9.17, 15) is 10.1 Å². The van der Waals surface area contributed by atoms with E-state index in [1.54, 1.807) is 18.9 Å². The number of ether oxygens (including phenoxy) is 1. The molecule has 1 atom stereocenters. The number of nitrogen functional groups attached to an aromatic ring is 1. The Morgan fingerprint density at radius 3 is 2.89 bits per heavy atom. The molecule has 1 aromatic rings. The van der Waals surface area contributed by atoms with E-state index in [0.717, 1.165) is 19.4 Å². The van der Waals surface area contributed by atoms with Crippen LogP contribution in [0.5, 0.6) is 0 Å². The summed E-state index contributed by atoms with van der Waals surface area (Å²) in [5.41, 5.74) is 5.74. The molecule has 1 saturated heterocycles. The first-order valence-corrected chi connectivity index (χ1v) is 6.10. The highest BCUT2D eigenvalue weighted by Gasteiger charge is 2.26. The molecule has 1 aromatic heterocycles. The summed E-state index contributed by atoms with van der Waals surface area (Å²) in [5.74, 6) is 0.280. The Kier molecular flexibility index (Phi) is 3.79. The van der Waals surface area contributed by atoms with Crippen LogP contribution in [0.2, 0.25) is 0 Å². The summed E-state index contributed by atoms with van der Waals surface area (Å²) >= 11 is 0. The van der Waals surface area contributed by atoms with Gasteiger partial charge in [0, 0.05) is 20.2 Å². The zero-order valence-electron chi connectivity index (χ0n) is 11.0. The van der Waals surface area contributed by atoms with Gasteiger partial charge in [0.25, 0.3) is 0 Å². The van der Waals surface area contributed by atoms with Gasteiger partial charge < -0.3 is 15.4 Å². The van der Waals surface area contributed by atoms with Crippen LogP contribution in [0.25, 0.3) is 0 Å². The first kappa shape index (κ1) is 13.5. The minimum atomic E-state index is -0.476. The van der Waals surface area contributed by atoms with Gasteiger partial charge in [-0.25, -0.2) is 4.98 Å². The van der Waals surface area contributed by atoms with Crippen molar-refractivity contribution < 1.29 is 9.66 Å². The number of hydrogen-bond donors (Lipinski definition) is 1. The van der Waals surface area contributed by atoms with Crippen molar-refractivity contribution in [3.05, 3.63) is 15.8 Å². The Morgan fingerprint density at radius 2 is 2.32 bits per heavy atom. The van der Waals surface area contributed by atoms with Crippen molar-refractivity contribution in [2.45, 2.75) is 25.9 Å². The number of nitro groups is 1. The van der Waals surface area contributed by atoms with Crippen LogP contribution in [0.15, 0.2) is 0 Å². The standard InChI is InChI=1S/C11H17N5O3/c1-7-9(16(17)18)10(14-11(12)13-7)15(2)6-8-4-3-5-19-8/h8H,3-6H2,1-2H3,(H2,12,13,14). The predicted octanol–water partition coefficient (Wildman–Crippen LogP) is 0.891. The van der Waals surface area contributed by atoms with E-state index in [1.807, 2.05) is 0 Å². The Bertz CT molecular complexity index is 487. The smallest absolute Gasteiger partial charge is 0.332 e. The summed E-state index contributed by atoms with van der Waals surface area (Å²) < 4.78 is 5.52. The molecular formula is C11H17N5O3. The van der Waals surface area contributed by atoms with Crippen molar-refractivity contribution in [3.8, 4) is 0 Å². The number of nitrogens with two attached hydrogens (primary N) is 1. The first-order valence-electron chi connectivity index (χ1n) is 6.10. The minimum Gasteiger partial charge on any atom is -0.376 e. The molecule has 0 bridgehead atoms. The van der Waals surface area contributed by atoms with Crippen LogP contribution < -0.4 is 10.6 Å². The fourth-order valence-electron chi connectivity index (χ4n) is 2.23. The van der Waals surface area contributed by atoms with Gasteiger partial charge in [0.1, 0.15) is 5.69 Å². The van der Waals surface area contributed by atoms with E-state index in [2.05, 4.69) is 9.97 Å². The molecule has 1 fully saturated rings. The molecule has 19 heavy (non-hydrogen) atoms. The number of likely N-dealkylation sites (N-methyl/N-ethyl adjacent to an activating group) is 1. The summed E-state index contributed by atoms with van der Waals surface area (Å²) in [4.78, 5) is 20.2. The van der Waals surface area contributed by atoms with Gasteiger partial charge in [-0.15, -0.1) is 0 Å². The van der Waals surface area contributed by atoms with Crippen LogP contribution in [-0.2, 0) is 4.74 Å². The predicted molar refractivity (Wildman–Crippen MR) is 70.1 cm³/mol. The monoisotopic (exact) mass is 267 g/mol. The second-order valence-corrected chi connectivity index (χ2v) is 4.61. The molecule has 0 amide bonds. The first-order chi connectivity index (χ1) is 8.99. The number of aromatic nitrogens is 2. The van der Waals surface area contributed by atoms with Crippen molar-refractivity contribution in [2.24, 2.45) is 0 Å². The number of hydrogen-bond acceptors (Lipinski definition) is 7. The van der Waals surface area contributed by atoms with Gasteiger partial charge in [-0.3, -0.25) is 10.1 Å². The molecule has 1 unspecified atom stereocenters. The fourth-order valence-corrected chi connectivity index (χ4v) is 2.23. The normalized spacial score (nSPS) is 18.5. The van der Waals surface area contributed by atoms with Crippen LogP contribution in [0.1, 0.15) is 18.5 Å². The average Bonchev–Trinajstić information content (AvgIpc) is 2.79. The Morgan fingerprint density at radius 1 is 1.58 bits per heavy atom. The molecule has 0 radical (unpaired) electrons. The van der Waals surface area contributed by atoms with Crippen molar-refractivity contribution in [1.82, 2.24) is 9.97 Å². The summed E-state index contributed by atoms with van der Waals surface area (Å²) in [6.45, 7) is 2.85. The van der Waals surface area contributed by atoms with Gasteiger partial charge in [-0.05, 0) is 19.8 Å². The topological polar surface area (TPSA) is 107 Å². The van der Waals surface area contributed by atoms with Gasteiger partial charge in [0.05, 0.1) is 11.0 Å². The van der Waals surface area contributed by atoms with E-state index in [1.165, 1.54) is 0 Å². The maximum absolute atomic E-state index is 11.1. The lowest BCUT2D eigenvalue weighted by atomic mass is 10.2. The Balaban J connectivity index is 2.28. The van der Waals surface area contributed by atoms with E-state index in [0.29, 0.717) is 6.54 Å². The van der Waals surface area contributed by atoms with Crippen LogP contribution in [0.3, 0.4) is 0 Å². The number of nitrogens with zero attached hydrogens (tertiary/aromatic N) is 4. The molecule has 2 heterocycles. The van der Waals surface area contributed by atoms with Crippen LogP contribution in [-0.4, -0.2) is 41.2 Å². The highest BCUT2D eigenvalue weighted by molar-refractivity contribution is 5.61. The van der Waals surface area contributed by atoms with E-state index >= 15 is 0 Å². The van der Waals surface area contributed by atoms with Crippen molar-refractivity contribution in [3.63, 3.8) is 0 Å². The molecular weight excluding hydrogens is 250 g/mol. The molecule has 2 N–H and O–H groups in total.